The third kappa shape index (κ3) is 2.15. The summed E-state index contributed by atoms with van der Waals surface area (Å²) in [5, 5.41) is 2.70. The minimum absolute atomic E-state index is 0. The second kappa shape index (κ2) is 3.73. The average molecular weight is 207 g/mol. The van der Waals surface area contributed by atoms with Crippen molar-refractivity contribution in [3.8, 4) is 5.75 Å². The van der Waals surface area contributed by atoms with Gasteiger partial charge in [-0.3, -0.25) is 9.59 Å². The Kier molecular flexibility index (Phi) is 2.41. The molecule has 80 valence electrons. The zero-order chi connectivity index (χ0) is 10.8. The molecule has 1 aromatic carbocycles. The summed E-state index contributed by atoms with van der Waals surface area (Å²) in [7, 11) is 0. The second-order valence-electron chi connectivity index (χ2n) is 3.55. The van der Waals surface area contributed by atoms with Gasteiger partial charge in [0, 0.05) is 7.85 Å². The quantitative estimate of drug-likeness (QED) is 0.797. The Hall–Kier alpha value is -1.84. The van der Waals surface area contributed by atoms with Gasteiger partial charge in [0.25, 0.3) is 5.91 Å². The smallest absolute Gasteiger partial charge is 0.262 e. The highest BCUT2D eigenvalue weighted by atomic mass is 16.5. The number of anilines is 1. The molecule has 0 fully saturated rings. The monoisotopic (exact) mass is 207 g/mol. The van der Waals surface area contributed by atoms with E-state index in [9.17, 15) is 9.59 Å². The Morgan fingerprint density at radius 1 is 1.60 bits per heavy atom. The average Bonchev–Trinajstić information content (AvgIpc) is 2.16. The van der Waals surface area contributed by atoms with Crippen molar-refractivity contribution in [1.82, 2.24) is 0 Å². The van der Waals surface area contributed by atoms with E-state index < -0.39 is 0 Å². The van der Waals surface area contributed by atoms with Crippen LogP contribution in [0, 0.1) is 0 Å². The number of nitrogens with one attached hydrogen (secondary N) is 1. The standard InChI is InChI=1S/C11H11NO3.H2/c1-7(13)4-8-2-3-10-9(5-8)12-11(14)6-15-10;/h2-3,5H,4,6H2,1H3,(H,12,14);1H. The summed E-state index contributed by atoms with van der Waals surface area (Å²) in [6, 6.07) is 5.37. The van der Waals surface area contributed by atoms with Crippen LogP contribution in [0.15, 0.2) is 18.2 Å². The fourth-order valence-corrected chi connectivity index (χ4v) is 1.53. The highest BCUT2D eigenvalue weighted by Crippen LogP contribution is 2.28. The molecule has 15 heavy (non-hydrogen) atoms. The Morgan fingerprint density at radius 3 is 3.13 bits per heavy atom. The van der Waals surface area contributed by atoms with Gasteiger partial charge in [-0.25, -0.2) is 0 Å². The normalized spacial score (nSPS) is 13.8. The summed E-state index contributed by atoms with van der Waals surface area (Å²) in [5.74, 6) is 0.586. The minimum Gasteiger partial charge on any atom is -0.482 e. The number of hydrogen-bond donors (Lipinski definition) is 1. The number of Topliss-reactive ketones (excluding diaryl/α,β-unsaturated/α-hetero) is 1. The number of benzene rings is 1. The Labute approximate surface area is 88.7 Å². The van der Waals surface area contributed by atoms with Crippen molar-refractivity contribution in [2.24, 2.45) is 0 Å². The van der Waals surface area contributed by atoms with E-state index in [1.165, 1.54) is 6.92 Å². The minimum atomic E-state index is -0.164. The van der Waals surface area contributed by atoms with Gasteiger partial charge < -0.3 is 10.1 Å². The number of rotatable bonds is 2. The number of carbonyl (C=O) groups is 2. The van der Waals surface area contributed by atoms with Gasteiger partial charge in [-0.15, -0.1) is 0 Å². The van der Waals surface area contributed by atoms with E-state index in [0.717, 1.165) is 5.56 Å². The molecule has 2 rings (SSSR count). The largest absolute Gasteiger partial charge is 0.482 e. The Morgan fingerprint density at radius 2 is 2.40 bits per heavy atom. The van der Waals surface area contributed by atoms with Crippen molar-refractivity contribution in [3.05, 3.63) is 23.8 Å². The van der Waals surface area contributed by atoms with Gasteiger partial charge in [-0.05, 0) is 24.6 Å². The molecule has 0 saturated heterocycles. The molecule has 0 saturated carbocycles. The van der Waals surface area contributed by atoms with E-state index >= 15 is 0 Å². The maximum absolute atomic E-state index is 11.1. The van der Waals surface area contributed by atoms with Crippen molar-refractivity contribution in [2.45, 2.75) is 13.3 Å². The lowest BCUT2D eigenvalue weighted by Crippen LogP contribution is -2.25. The lowest BCUT2D eigenvalue weighted by molar-refractivity contribution is -0.118. The molecule has 4 heteroatoms. The molecule has 1 aliphatic heterocycles. The van der Waals surface area contributed by atoms with E-state index in [2.05, 4.69) is 5.32 Å². The molecule has 1 aromatic rings. The van der Waals surface area contributed by atoms with Crippen LogP contribution in [0.5, 0.6) is 5.75 Å². The summed E-state index contributed by atoms with van der Waals surface area (Å²) >= 11 is 0. The number of amides is 1. The highest BCUT2D eigenvalue weighted by molar-refractivity contribution is 5.95. The molecule has 0 atom stereocenters. The SMILES string of the molecule is CC(=O)Cc1ccc2c(c1)NC(=O)CO2.[HH]. The first kappa shape index (κ1) is 9.71. The van der Waals surface area contributed by atoms with Crippen LogP contribution in [0.1, 0.15) is 13.9 Å². The van der Waals surface area contributed by atoms with Crippen LogP contribution in [0.25, 0.3) is 0 Å². The van der Waals surface area contributed by atoms with Crippen LogP contribution in [0.4, 0.5) is 5.69 Å². The predicted octanol–water partition coefficient (Wildman–Crippen LogP) is 1.39. The van der Waals surface area contributed by atoms with E-state index in [1.54, 1.807) is 12.1 Å². The summed E-state index contributed by atoms with van der Waals surface area (Å²) in [6.45, 7) is 1.59. The molecule has 1 N–H and O–H groups in total. The molecular formula is C11H13NO3. The number of hydrogen-bond acceptors (Lipinski definition) is 3. The van der Waals surface area contributed by atoms with Crippen molar-refractivity contribution >= 4 is 17.4 Å². The zero-order valence-corrected chi connectivity index (χ0v) is 8.37. The number of ketones is 1. The molecule has 0 aromatic heterocycles. The van der Waals surface area contributed by atoms with Crippen LogP contribution in [0.2, 0.25) is 0 Å². The van der Waals surface area contributed by atoms with Gasteiger partial charge in [-0.2, -0.15) is 0 Å². The third-order valence-corrected chi connectivity index (χ3v) is 2.13. The van der Waals surface area contributed by atoms with Crippen molar-refractivity contribution in [1.29, 1.82) is 0 Å². The van der Waals surface area contributed by atoms with Crippen LogP contribution in [0.3, 0.4) is 0 Å². The maximum atomic E-state index is 11.1. The summed E-state index contributed by atoms with van der Waals surface area (Å²) < 4.78 is 5.20. The van der Waals surface area contributed by atoms with Crippen molar-refractivity contribution in [3.63, 3.8) is 0 Å². The fourth-order valence-electron chi connectivity index (χ4n) is 1.53. The van der Waals surface area contributed by atoms with Gasteiger partial charge in [-0.1, -0.05) is 6.07 Å². The van der Waals surface area contributed by atoms with Crippen LogP contribution in [-0.4, -0.2) is 18.3 Å². The van der Waals surface area contributed by atoms with Crippen LogP contribution in [-0.2, 0) is 16.0 Å². The first-order chi connectivity index (χ1) is 7.15. The van der Waals surface area contributed by atoms with Gasteiger partial charge in [0.05, 0.1) is 5.69 Å². The molecule has 0 spiro atoms. The molecule has 1 amide bonds. The summed E-state index contributed by atoms with van der Waals surface area (Å²) in [6.07, 6.45) is 0.378. The first-order valence-electron chi connectivity index (χ1n) is 4.70. The molecule has 1 heterocycles. The lowest BCUT2D eigenvalue weighted by atomic mass is 10.1. The van der Waals surface area contributed by atoms with E-state index in [0.29, 0.717) is 17.9 Å². The Bertz CT molecular complexity index is 431. The molecule has 4 nitrogen and oxygen atoms in total. The third-order valence-electron chi connectivity index (χ3n) is 2.13. The highest BCUT2D eigenvalue weighted by Gasteiger charge is 2.15. The zero-order valence-electron chi connectivity index (χ0n) is 8.37. The number of ether oxygens (including phenoxy) is 1. The van der Waals surface area contributed by atoms with Gasteiger partial charge in [0.2, 0.25) is 0 Å². The topological polar surface area (TPSA) is 55.4 Å². The second-order valence-corrected chi connectivity index (χ2v) is 3.55. The number of carbonyl (C=O) groups excluding carboxylic acids is 2. The Balaban J connectivity index is 0.00000128. The van der Waals surface area contributed by atoms with E-state index in [-0.39, 0.29) is 19.7 Å². The van der Waals surface area contributed by atoms with Gasteiger partial charge >= 0.3 is 0 Å². The van der Waals surface area contributed by atoms with Gasteiger partial charge in [0.15, 0.2) is 6.61 Å². The maximum Gasteiger partial charge on any atom is 0.262 e. The molecule has 0 unspecified atom stereocenters. The lowest BCUT2D eigenvalue weighted by Gasteiger charge is -2.18. The van der Waals surface area contributed by atoms with Crippen molar-refractivity contribution in [2.75, 3.05) is 11.9 Å². The van der Waals surface area contributed by atoms with Crippen LogP contribution >= 0.6 is 0 Å². The van der Waals surface area contributed by atoms with E-state index in [1.807, 2.05) is 6.07 Å². The summed E-state index contributed by atoms with van der Waals surface area (Å²) in [4.78, 5) is 22.0. The molecule has 0 aliphatic carbocycles. The summed E-state index contributed by atoms with van der Waals surface area (Å²) in [5.41, 5.74) is 1.53. The number of fused-ring (bicyclic) bond motifs is 1. The predicted molar refractivity (Wildman–Crippen MR) is 57.1 cm³/mol. The molecule has 0 radical (unpaired) electrons. The molecular weight excluding hydrogens is 194 g/mol. The van der Waals surface area contributed by atoms with Crippen LogP contribution < -0.4 is 10.1 Å². The van der Waals surface area contributed by atoms with Gasteiger partial charge in [0.1, 0.15) is 11.5 Å². The fraction of sp³-hybridized carbons (Fsp3) is 0.273. The van der Waals surface area contributed by atoms with E-state index in [4.69, 9.17) is 4.74 Å². The first-order valence-corrected chi connectivity index (χ1v) is 4.70. The molecule has 0 bridgehead atoms. The molecule has 1 aliphatic rings. The van der Waals surface area contributed by atoms with Crippen molar-refractivity contribution < 1.29 is 15.8 Å².